The van der Waals surface area contributed by atoms with Crippen LogP contribution in [0.2, 0.25) is 0 Å². The average Bonchev–Trinajstić information content (AvgIpc) is 3.12. The Labute approximate surface area is 155 Å². The zero-order valence-electron chi connectivity index (χ0n) is 14.1. The number of nitrogens with zero attached hydrogens (tertiary/aromatic N) is 1. The van der Waals surface area contributed by atoms with E-state index in [2.05, 4.69) is 10.5 Å². The molecule has 0 saturated heterocycles. The molecule has 7 nitrogen and oxygen atoms in total. The zero-order chi connectivity index (χ0) is 19.4. The van der Waals surface area contributed by atoms with Gasteiger partial charge in [0, 0.05) is 12.6 Å². The highest BCUT2D eigenvalue weighted by Gasteiger charge is 2.15. The van der Waals surface area contributed by atoms with E-state index < -0.39 is 21.7 Å². The lowest BCUT2D eigenvalue weighted by atomic mass is 10.1. The Morgan fingerprint density at radius 3 is 2.52 bits per heavy atom. The maximum atomic E-state index is 13.7. The number of benzene rings is 2. The molecular weight excluding hydrogens is 373 g/mol. The number of hydrogen-bond acceptors (Lipinski definition) is 5. The van der Waals surface area contributed by atoms with Crippen LogP contribution in [0.3, 0.4) is 0 Å². The Hall–Kier alpha value is -3.04. The van der Waals surface area contributed by atoms with Crippen LogP contribution in [-0.4, -0.2) is 26.0 Å². The summed E-state index contributed by atoms with van der Waals surface area (Å²) in [6.07, 6.45) is 0.481. The van der Waals surface area contributed by atoms with Gasteiger partial charge < -0.3 is 9.84 Å². The number of halogens is 1. The number of primary sulfonamides is 1. The molecule has 3 aromatic rings. The van der Waals surface area contributed by atoms with Crippen molar-refractivity contribution in [1.82, 2.24) is 10.5 Å². The van der Waals surface area contributed by atoms with Crippen molar-refractivity contribution in [2.75, 3.05) is 6.54 Å². The van der Waals surface area contributed by atoms with Crippen LogP contribution in [0.25, 0.3) is 11.3 Å². The number of nitrogens with two attached hydrogens (primary N) is 1. The van der Waals surface area contributed by atoms with Crippen molar-refractivity contribution in [1.29, 1.82) is 0 Å². The van der Waals surface area contributed by atoms with Gasteiger partial charge in [0.05, 0.1) is 10.5 Å². The number of hydrogen-bond donors (Lipinski definition) is 2. The molecule has 0 bridgehead atoms. The van der Waals surface area contributed by atoms with E-state index in [4.69, 9.17) is 9.66 Å². The predicted octanol–water partition coefficient (Wildman–Crippen LogP) is 2.10. The Morgan fingerprint density at radius 2 is 1.85 bits per heavy atom. The van der Waals surface area contributed by atoms with E-state index in [1.54, 1.807) is 24.3 Å². The molecule has 27 heavy (non-hydrogen) atoms. The number of sulfonamides is 1. The molecular formula is C18H16FN3O4S. The average molecular weight is 389 g/mol. The molecule has 0 aliphatic rings. The first-order valence-electron chi connectivity index (χ1n) is 7.96. The van der Waals surface area contributed by atoms with Gasteiger partial charge in [-0.3, -0.25) is 4.79 Å². The fourth-order valence-electron chi connectivity index (χ4n) is 2.43. The summed E-state index contributed by atoms with van der Waals surface area (Å²) in [4.78, 5) is 12.2. The minimum Gasteiger partial charge on any atom is -0.355 e. The first-order valence-corrected chi connectivity index (χ1v) is 9.51. The molecule has 0 unspecified atom stereocenters. The summed E-state index contributed by atoms with van der Waals surface area (Å²) in [6.45, 7) is 0.301. The van der Waals surface area contributed by atoms with E-state index in [0.29, 0.717) is 13.0 Å². The van der Waals surface area contributed by atoms with Gasteiger partial charge >= 0.3 is 0 Å². The molecule has 1 amide bonds. The summed E-state index contributed by atoms with van der Waals surface area (Å²) in [5, 5.41) is 11.4. The first-order chi connectivity index (χ1) is 12.8. The van der Waals surface area contributed by atoms with Crippen molar-refractivity contribution in [3.05, 3.63) is 71.7 Å². The summed E-state index contributed by atoms with van der Waals surface area (Å²) >= 11 is 0. The van der Waals surface area contributed by atoms with Crippen LogP contribution in [0.4, 0.5) is 4.39 Å². The van der Waals surface area contributed by atoms with Crippen LogP contribution < -0.4 is 10.5 Å². The zero-order valence-corrected chi connectivity index (χ0v) is 14.9. The van der Waals surface area contributed by atoms with Crippen LogP contribution in [0.1, 0.15) is 16.1 Å². The van der Waals surface area contributed by atoms with Crippen LogP contribution >= 0.6 is 0 Å². The third kappa shape index (κ3) is 4.57. The van der Waals surface area contributed by atoms with Crippen molar-refractivity contribution >= 4 is 15.9 Å². The molecule has 9 heteroatoms. The van der Waals surface area contributed by atoms with Gasteiger partial charge in [0.25, 0.3) is 5.91 Å². The molecule has 2 aromatic carbocycles. The lowest BCUT2D eigenvalue weighted by molar-refractivity contribution is 0.0945. The summed E-state index contributed by atoms with van der Waals surface area (Å²) in [5.41, 5.74) is 1.09. The second kappa shape index (κ2) is 7.68. The van der Waals surface area contributed by atoms with E-state index >= 15 is 0 Å². The molecule has 1 heterocycles. The summed E-state index contributed by atoms with van der Waals surface area (Å²) in [7, 11) is -3.73. The highest BCUT2D eigenvalue weighted by Crippen LogP contribution is 2.23. The van der Waals surface area contributed by atoms with Gasteiger partial charge in [-0.25, -0.2) is 17.9 Å². The number of rotatable bonds is 6. The molecule has 3 N–H and O–H groups in total. The maximum absolute atomic E-state index is 13.7. The van der Waals surface area contributed by atoms with E-state index in [1.807, 2.05) is 0 Å². The van der Waals surface area contributed by atoms with Gasteiger partial charge in [-0.2, -0.15) is 0 Å². The van der Waals surface area contributed by atoms with E-state index in [1.165, 1.54) is 30.3 Å². The second-order valence-corrected chi connectivity index (χ2v) is 7.31. The highest BCUT2D eigenvalue weighted by molar-refractivity contribution is 7.89. The van der Waals surface area contributed by atoms with Gasteiger partial charge in [-0.1, -0.05) is 29.4 Å². The van der Waals surface area contributed by atoms with E-state index in [-0.39, 0.29) is 21.9 Å². The first kappa shape index (κ1) is 18.7. The van der Waals surface area contributed by atoms with Gasteiger partial charge in [0.15, 0.2) is 11.5 Å². The Balaban J connectivity index is 1.58. The molecule has 3 rings (SSSR count). The normalized spacial score (nSPS) is 11.3. The molecule has 0 aliphatic carbocycles. The number of carbonyl (C=O) groups is 1. The molecule has 0 fully saturated rings. The lowest BCUT2D eigenvalue weighted by Gasteiger charge is -2.04. The van der Waals surface area contributed by atoms with Crippen LogP contribution in [0, 0.1) is 5.82 Å². The minimum absolute atomic E-state index is 0.0264. The lowest BCUT2D eigenvalue weighted by Crippen LogP contribution is -2.25. The topological polar surface area (TPSA) is 115 Å². The quantitative estimate of drug-likeness (QED) is 0.670. The van der Waals surface area contributed by atoms with Crippen LogP contribution in [-0.2, 0) is 16.4 Å². The van der Waals surface area contributed by atoms with Gasteiger partial charge in [0.1, 0.15) is 5.82 Å². The van der Waals surface area contributed by atoms with Crippen molar-refractivity contribution in [3.8, 4) is 11.3 Å². The summed E-state index contributed by atoms with van der Waals surface area (Å²) in [5.74, 6) is -0.761. The SMILES string of the molecule is NS(=O)(=O)c1ccc(CCNC(=O)c2cc(-c3ccccc3F)on2)cc1. The predicted molar refractivity (Wildman–Crippen MR) is 95.7 cm³/mol. The largest absolute Gasteiger partial charge is 0.355 e. The molecule has 1 aromatic heterocycles. The van der Waals surface area contributed by atoms with Crippen molar-refractivity contribution in [3.63, 3.8) is 0 Å². The standard InChI is InChI=1S/C18H16FN3O4S/c19-15-4-2-1-3-14(15)17-11-16(22-26-17)18(23)21-10-9-12-5-7-13(8-6-12)27(20,24)25/h1-8,11H,9-10H2,(H,21,23)(H2,20,24,25). The molecule has 0 spiro atoms. The Morgan fingerprint density at radius 1 is 1.15 bits per heavy atom. The van der Waals surface area contributed by atoms with Gasteiger partial charge in [-0.05, 0) is 36.2 Å². The second-order valence-electron chi connectivity index (χ2n) is 5.75. The molecule has 140 valence electrons. The Kier molecular flexibility index (Phi) is 5.33. The van der Waals surface area contributed by atoms with Crippen molar-refractivity contribution < 1.29 is 22.1 Å². The Bertz CT molecular complexity index is 1060. The van der Waals surface area contributed by atoms with E-state index in [9.17, 15) is 17.6 Å². The number of nitrogens with one attached hydrogen (secondary N) is 1. The number of aromatic nitrogens is 1. The molecule has 0 saturated carbocycles. The molecule has 0 aliphatic heterocycles. The van der Waals surface area contributed by atoms with E-state index in [0.717, 1.165) is 5.56 Å². The summed E-state index contributed by atoms with van der Waals surface area (Å²) in [6, 6.07) is 13.5. The minimum atomic E-state index is -3.73. The fourth-order valence-corrected chi connectivity index (χ4v) is 2.94. The van der Waals surface area contributed by atoms with Gasteiger partial charge in [-0.15, -0.1) is 0 Å². The smallest absolute Gasteiger partial charge is 0.273 e. The number of amides is 1. The van der Waals surface area contributed by atoms with Crippen molar-refractivity contribution in [2.24, 2.45) is 5.14 Å². The van der Waals surface area contributed by atoms with Crippen molar-refractivity contribution in [2.45, 2.75) is 11.3 Å². The fraction of sp³-hybridized carbons (Fsp3) is 0.111. The molecule has 0 atom stereocenters. The monoisotopic (exact) mass is 389 g/mol. The third-order valence-corrected chi connectivity index (χ3v) is 4.76. The summed E-state index contributed by atoms with van der Waals surface area (Å²) < 4.78 is 41.2. The number of carbonyl (C=O) groups excluding carboxylic acids is 1. The maximum Gasteiger partial charge on any atom is 0.273 e. The van der Waals surface area contributed by atoms with Crippen LogP contribution in [0.5, 0.6) is 0 Å². The van der Waals surface area contributed by atoms with Gasteiger partial charge in [0.2, 0.25) is 10.0 Å². The third-order valence-electron chi connectivity index (χ3n) is 3.83. The highest BCUT2D eigenvalue weighted by atomic mass is 32.2. The van der Waals surface area contributed by atoms with Crippen LogP contribution in [0.15, 0.2) is 64.0 Å². The molecule has 0 radical (unpaired) electrons.